The van der Waals surface area contributed by atoms with E-state index in [1.165, 1.54) is 23.9 Å². The van der Waals surface area contributed by atoms with Crippen LogP contribution in [0.4, 0.5) is 14.5 Å². The number of nitrogens with one attached hydrogen (secondary N) is 2. The van der Waals surface area contributed by atoms with Gasteiger partial charge in [-0.1, -0.05) is 0 Å². The van der Waals surface area contributed by atoms with Crippen LogP contribution in [0.3, 0.4) is 0 Å². The minimum atomic E-state index is -4.21. The number of aromatic amines is 1. The molecule has 0 bridgehead atoms. The van der Waals surface area contributed by atoms with Gasteiger partial charge in [-0.3, -0.25) is 14.6 Å². The smallest absolute Gasteiger partial charge is 0.262 e. The maximum atomic E-state index is 13.4. The normalized spacial score (nSPS) is 12.0. The fraction of sp³-hybridized carbons (Fsp3) is 0.0500. The van der Waals surface area contributed by atoms with Gasteiger partial charge in [0, 0.05) is 35.8 Å². The molecule has 0 spiro atoms. The molecule has 0 radical (unpaired) electrons. The van der Waals surface area contributed by atoms with E-state index in [-0.39, 0.29) is 11.6 Å². The Bertz CT molecular complexity index is 1420. The van der Waals surface area contributed by atoms with Crippen LogP contribution in [0.1, 0.15) is 23.0 Å². The van der Waals surface area contributed by atoms with Crippen LogP contribution >= 0.6 is 0 Å². The number of carbonyl (C=O) groups is 1. The van der Waals surface area contributed by atoms with Crippen molar-refractivity contribution in [3.05, 3.63) is 71.7 Å². The Kier molecular flexibility index (Phi) is 5.11. The summed E-state index contributed by atoms with van der Waals surface area (Å²) in [7, 11) is -4.21. The molecule has 0 saturated heterocycles. The number of rotatable bonds is 5. The second-order valence-electron chi connectivity index (χ2n) is 6.65. The van der Waals surface area contributed by atoms with Gasteiger partial charge in [0.15, 0.2) is 0 Å². The van der Waals surface area contributed by atoms with E-state index < -0.39 is 26.6 Å². The van der Waals surface area contributed by atoms with Crippen LogP contribution in [0.25, 0.3) is 23.1 Å². The van der Waals surface area contributed by atoms with Gasteiger partial charge in [-0.25, -0.2) is 21.9 Å². The van der Waals surface area contributed by atoms with Crippen molar-refractivity contribution in [2.45, 2.75) is 11.8 Å². The number of fused-ring (bicyclic) bond motifs is 1. The molecule has 2 aromatic carbocycles. The van der Waals surface area contributed by atoms with E-state index in [0.717, 1.165) is 12.1 Å². The molecule has 0 atom stereocenters. The van der Waals surface area contributed by atoms with Gasteiger partial charge in [0.05, 0.1) is 22.3 Å². The van der Waals surface area contributed by atoms with E-state index >= 15 is 0 Å². The first-order valence-corrected chi connectivity index (χ1v) is 10.4. The van der Waals surface area contributed by atoms with E-state index in [4.69, 9.17) is 0 Å². The van der Waals surface area contributed by atoms with Crippen molar-refractivity contribution >= 4 is 44.7 Å². The number of sulfonamides is 1. The molecular formula is C20H15F2N5O3S. The zero-order valence-electron chi connectivity index (χ0n) is 16.0. The van der Waals surface area contributed by atoms with Crippen molar-refractivity contribution in [1.29, 1.82) is 0 Å². The maximum Gasteiger partial charge on any atom is 0.262 e. The molecule has 0 aliphatic carbocycles. The van der Waals surface area contributed by atoms with Crippen molar-refractivity contribution in [3.8, 4) is 0 Å². The van der Waals surface area contributed by atoms with E-state index in [9.17, 15) is 22.0 Å². The molecular weight excluding hydrogens is 428 g/mol. The van der Waals surface area contributed by atoms with Crippen LogP contribution in [-0.2, 0) is 10.0 Å². The molecule has 0 fully saturated rings. The van der Waals surface area contributed by atoms with Gasteiger partial charge in [-0.15, -0.1) is 0 Å². The molecule has 4 rings (SSSR count). The number of anilines is 1. The van der Waals surface area contributed by atoms with Crippen LogP contribution in [0.2, 0.25) is 0 Å². The van der Waals surface area contributed by atoms with Crippen LogP contribution in [0.15, 0.2) is 53.7 Å². The Labute approximate surface area is 175 Å². The van der Waals surface area contributed by atoms with E-state index in [0.29, 0.717) is 28.2 Å². The summed E-state index contributed by atoms with van der Waals surface area (Å²) in [6.07, 6.45) is 6.46. The van der Waals surface area contributed by atoms with E-state index in [1.807, 2.05) is 0 Å². The van der Waals surface area contributed by atoms with Gasteiger partial charge in [0.2, 0.25) is 5.91 Å². The predicted molar refractivity (Wildman–Crippen MR) is 111 cm³/mol. The molecule has 0 saturated carbocycles. The molecule has 0 amide bonds. The average Bonchev–Trinajstić information content (AvgIpc) is 3.32. The second-order valence-corrected chi connectivity index (χ2v) is 8.33. The first-order valence-electron chi connectivity index (χ1n) is 8.92. The van der Waals surface area contributed by atoms with Gasteiger partial charge < -0.3 is 0 Å². The average molecular weight is 443 g/mol. The zero-order valence-corrected chi connectivity index (χ0v) is 16.8. The fourth-order valence-electron chi connectivity index (χ4n) is 2.89. The molecule has 4 aromatic rings. The molecule has 11 heteroatoms. The van der Waals surface area contributed by atoms with Crippen LogP contribution in [0.5, 0.6) is 0 Å². The molecule has 0 unspecified atom stereocenters. The quantitative estimate of drug-likeness (QED) is 0.489. The minimum absolute atomic E-state index is 0.192. The molecule has 0 aliphatic rings. The number of aromatic nitrogens is 4. The van der Waals surface area contributed by atoms with Gasteiger partial charge in [-0.2, -0.15) is 10.2 Å². The molecule has 158 valence electrons. The Morgan fingerprint density at radius 3 is 2.55 bits per heavy atom. The van der Waals surface area contributed by atoms with Gasteiger partial charge in [0.25, 0.3) is 10.0 Å². The zero-order chi connectivity index (χ0) is 22.2. The standard InChI is InChI=1S/C20H15F2N5O3S/c1-12(28)27-11-13(10-23-27)2-4-19-18-9-16(3-5-20(18)25-24-19)26-31(29,30)17-7-14(21)6-15(22)8-17/h2-11,26H,1H3,(H,24,25)/b4-2+. The maximum absolute atomic E-state index is 13.4. The Morgan fingerprint density at radius 2 is 1.87 bits per heavy atom. The summed E-state index contributed by atoms with van der Waals surface area (Å²) in [5.74, 6) is -2.21. The second kappa shape index (κ2) is 7.76. The Balaban J connectivity index is 1.63. The number of hydrogen-bond acceptors (Lipinski definition) is 5. The third kappa shape index (κ3) is 4.36. The largest absolute Gasteiger partial charge is 0.280 e. The number of H-pyrrole nitrogens is 1. The third-order valence-electron chi connectivity index (χ3n) is 4.35. The predicted octanol–water partition coefficient (Wildman–Crippen LogP) is 3.67. The van der Waals surface area contributed by atoms with E-state index in [1.54, 1.807) is 30.5 Å². The summed E-state index contributed by atoms with van der Waals surface area (Å²) >= 11 is 0. The summed E-state index contributed by atoms with van der Waals surface area (Å²) in [5.41, 5.74) is 2.04. The number of benzene rings is 2. The van der Waals surface area contributed by atoms with Crippen molar-refractivity contribution in [3.63, 3.8) is 0 Å². The van der Waals surface area contributed by atoms with Gasteiger partial charge >= 0.3 is 0 Å². The SMILES string of the molecule is CC(=O)n1cc(/C=C/c2n[nH]c3ccc(NS(=O)(=O)c4cc(F)cc(F)c4)cc23)cn1. The van der Waals surface area contributed by atoms with Crippen LogP contribution in [0, 0.1) is 11.6 Å². The van der Waals surface area contributed by atoms with Crippen molar-refractivity contribution in [1.82, 2.24) is 20.0 Å². The number of hydrogen-bond donors (Lipinski definition) is 2. The summed E-state index contributed by atoms with van der Waals surface area (Å²) in [5, 5.41) is 11.6. The monoisotopic (exact) mass is 443 g/mol. The first-order chi connectivity index (χ1) is 14.7. The Morgan fingerprint density at radius 1 is 1.13 bits per heavy atom. The van der Waals surface area contributed by atoms with Crippen molar-refractivity contribution < 1.29 is 22.0 Å². The summed E-state index contributed by atoms with van der Waals surface area (Å²) in [4.78, 5) is 10.8. The topological polar surface area (TPSA) is 110 Å². The lowest BCUT2D eigenvalue weighted by Crippen LogP contribution is -2.13. The van der Waals surface area contributed by atoms with Gasteiger partial charge in [-0.05, 0) is 42.5 Å². The van der Waals surface area contributed by atoms with Crippen LogP contribution < -0.4 is 4.72 Å². The number of halogens is 2. The molecule has 8 nitrogen and oxygen atoms in total. The molecule has 2 aromatic heterocycles. The highest BCUT2D eigenvalue weighted by molar-refractivity contribution is 7.92. The summed E-state index contributed by atoms with van der Waals surface area (Å²) in [6, 6.07) is 6.73. The molecule has 2 N–H and O–H groups in total. The third-order valence-corrected chi connectivity index (χ3v) is 5.71. The Hall–Kier alpha value is -3.86. The first kappa shape index (κ1) is 20.4. The number of nitrogens with zero attached hydrogens (tertiary/aromatic N) is 3. The highest BCUT2D eigenvalue weighted by Gasteiger charge is 2.17. The fourth-order valence-corrected chi connectivity index (χ4v) is 3.98. The lowest BCUT2D eigenvalue weighted by Gasteiger charge is -2.08. The highest BCUT2D eigenvalue weighted by Crippen LogP contribution is 2.25. The number of carbonyl (C=O) groups excluding carboxylic acids is 1. The molecule has 31 heavy (non-hydrogen) atoms. The van der Waals surface area contributed by atoms with Gasteiger partial charge in [0.1, 0.15) is 11.6 Å². The summed E-state index contributed by atoms with van der Waals surface area (Å²) in [6.45, 7) is 1.39. The van der Waals surface area contributed by atoms with Crippen molar-refractivity contribution in [2.75, 3.05) is 4.72 Å². The molecule has 2 heterocycles. The lowest BCUT2D eigenvalue weighted by molar-refractivity contribution is 0.0921. The summed E-state index contributed by atoms with van der Waals surface area (Å²) < 4.78 is 55.4. The highest BCUT2D eigenvalue weighted by atomic mass is 32.2. The van der Waals surface area contributed by atoms with Crippen LogP contribution in [-0.4, -0.2) is 34.3 Å². The minimum Gasteiger partial charge on any atom is -0.280 e. The lowest BCUT2D eigenvalue weighted by atomic mass is 10.1. The van der Waals surface area contributed by atoms with E-state index in [2.05, 4.69) is 20.0 Å². The van der Waals surface area contributed by atoms with Crippen molar-refractivity contribution in [2.24, 2.45) is 0 Å². The molecule has 0 aliphatic heterocycles.